The third-order valence-corrected chi connectivity index (χ3v) is 5.60. The first-order valence-electron chi connectivity index (χ1n) is 6.66. The lowest BCUT2D eigenvalue weighted by atomic mass is 10.4. The molecule has 0 aliphatic carbocycles. The average Bonchev–Trinajstić information content (AvgIpc) is 2.82. The van der Waals surface area contributed by atoms with Crippen molar-refractivity contribution in [2.45, 2.75) is 47.7 Å². The van der Waals surface area contributed by atoms with Crippen molar-refractivity contribution in [2.24, 2.45) is 0 Å². The number of hydrogen-bond acceptors (Lipinski definition) is 7. The van der Waals surface area contributed by atoms with E-state index in [1.54, 1.807) is 18.7 Å². The van der Waals surface area contributed by atoms with Gasteiger partial charge < -0.3 is 5.32 Å². The molecule has 0 saturated carbocycles. The summed E-state index contributed by atoms with van der Waals surface area (Å²) >= 11 is 4.29. The highest BCUT2D eigenvalue weighted by atomic mass is 32.2. The Labute approximate surface area is 142 Å². The van der Waals surface area contributed by atoms with Crippen LogP contribution in [0, 0.1) is 0 Å². The first kappa shape index (κ1) is 19.0. The molecule has 0 unspecified atom stereocenters. The van der Waals surface area contributed by atoms with Gasteiger partial charge in [-0.3, -0.25) is 10.1 Å². The Kier molecular flexibility index (Phi) is 7.91. The van der Waals surface area contributed by atoms with Crippen molar-refractivity contribution < 1.29 is 9.59 Å². The van der Waals surface area contributed by atoms with Gasteiger partial charge in [-0.2, -0.15) is 0 Å². The summed E-state index contributed by atoms with van der Waals surface area (Å²) in [6.07, 6.45) is 0. The maximum Gasteiger partial charge on any atom is 0.321 e. The molecule has 6 nitrogen and oxygen atoms in total. The predicted molar refractivity (Wildman–Crippen MR) is 92.6 cm³/mol. The van der Waals surface area contributed by atoms with Gasteiger partial charge >= 0.3 is 6.03 Å². The van der Waals surface area contributed by atoms with Gasteiger partial charge in [0.1, 0.15) is 0 Å². The van der Waals surface area contributed by atoms with E-state index < -0.39 is 11.3 Å². The number of urea groups is 1. The minimum atomic E-state index is -0.484. The van der Waals surface area contributed by atoms with Crippen molar-refractivity contribution in [1.29, 1.82) is 0 Å². The van der Waals surface area contributed by atoms with E-state index in [4.69, 9.17) is 0 Å². The van der Waals surface area contributed by atoms with Crippen LogP contribution in [0.4, 0.5) is 4.79 Å². The van der Waals surface area contributed by atoms with Crippen LogP contribution in [0.25, 0.3) is 0 Å². The van der Waals surface area contributed by atoms with Crippen molar-refractivity contribution in [2.75, 3.05) is 5.75 Å². The molecule has 0 spiro atoms. The first-order valence-corrected chi connectivity index (χ1v) is 9.34. The molecule has 0 radical (unpaired) electrons. The van der Waals surface area contributed by atoms with E-state index in [2.05, 4.69) is 27.4 Å². The maximum absolute atomic E-state index is 11.9. The van der Waals surface area contributed by atoms with Crippen LogP contribution in [0.1, 0.15) is 27.7 Å². The molecular weight excluding hydrogens is 340 g/mol. The molecule has 1 aromatic heterocycles. The number of carbonyl (C=O) groups excluding carboxylic acids is 2. The van der Waals surface area contributed by atoms with E-state index in [9.17, 15) is 9.59 Å². The summed E-state index contributed by atoms with van der Waals surface area (Å²) in [5.41, 5.74) is 1.07. The van der Waals surface area contributed by atoms with E-state index in [1.165, 1.54) is 23.1 Å². The molecule has 0 aromatic carbocycles. The molecule has 1 aromatic rings. The molecule has 9 heteroatoms. The van der Waals surface area contributed by atoms with E-state index >= 15 is 0 Å². The van der Waals surface area contributed by atoms with Crippen molar-refractivity contribution in [3.8, 4) is 0 Å². The molecule has 3 amide bonds. The van der Waals surface area contributed by atoms with Crippen LogP contribution < -0.4 is 10.6 Å². The van der Waals surface area contributed by atoms with Gasteiger partial charge in [0.15, 0.2) is 8.68 Å². The number of carbonyl (C=O) groups is 2. The molecule has 0 bridgehead atoms. The average molecular weight is 361 g/mol. The van der Waals surface area contributed by atoms with Crippen LogP contribution in [-0.2, 0) is 4.79 Å². The number of nitrogens with zero attached hydrogens (tertiary/aromatic N) is 2. The number of thioether (sulfide) groups is 2. The Morgan fingerprint density at radius 1 is 1.27 bits per heavy atom. The summed E-state index contributed by atoms with van der Waals surface area (Å²) in [5.74, 6) is 0.444. The van der Waals surface area contributed by atoms with Gasteiger partial charge in [-0.05, 0) is 27.7 Å². The van der Waals surface area contributed by atoms with Gasteiger partial charge in [-0.15, -0.1) is 10.2 Å². The summed E-state index contributed by atoms with van der Waals surface area (Å²) in [5, 5.41) is 12.6. The molecule has 0 fully saturated rings. The molecule has 1 heterocycles. The van der Waals surface area contributed by atoms with Crippen molar-refractivity contribution in [1.82, 2.24) is 20.8 Å². The summed E-state index contributed by atoms with van der Waals surface area (Å²) in [6, 6.07) is -0.505. The van der Waals surface area contributed by atoms with Crippen molar-refractivity contribution in [3.63, 3.8) is 0 Å². The van der Waals surface area contributed by atoms with E-state index in [1.807, 2.05) is 20.8 Å². The molecule has 0 aliphatic heterocycles. The predicted octanol–water partition coefficient (Wildman–Crippen LogP) is 2.92. The number of aromatic nitrogens is 2. The van der Waals surface area contributed by atoms with E-state index in [0.29, 0.717) is 4.34 Å². The van der Waals surface area contributed by atoms with Crippen molar-refractivity contribution in [3.05, 3.63) is 12.2 Å². The fourth-order valence-electron chi connectivity index (χ4n) is 1.20. The molecule has 1 atom stereocenters. The molecular formula is C13H20N4O2S3. The van der Waals surface area contributed by atoms with Gasteiger partial charge in [0.05, 0.1) is 5.25 Å². The minimum Gasteiger partial charge on any atom is -0.336 e. The normalized spacial score (nSPS) is 12.0. The third kappa shape index (κ3) is 7.28. The zero-order valence-electron chi connectivity index (χ0n) is 13.0. The fraction of sp³-hybridized carbons (Fsp3) is 0.538. The number of rotatable bonds is 7. The Morgan fingerprint density at radius 2 is 1.91 bits per heavy atom. The van der Waals surface area contributed by atoms with E-state index in [-0.39, 0.29) is 11.9 Å². The maximum atomic E-state index is 11.9. The summed E-state index contributed by atoms with van der Waals surface area (Å²) in [4.78, 5) is 23.4. The second-order valence-corrected chi connectivity index (χ2v) is 8.75. The van der Waals surface area contributed by atoms with Gasteiger partial charge in [0.25, 0.3) is 0 Å². The van der Waals surface area contributed by atoms with Gasteiger partial charge in [0, 0.05) is 11.8 Å². The number of hydrogen-bond donors (Lipinski definition) is 2. The number of amides is 3. The van der Waals surface area contributed by atoms with Crippen molar-refractivity contribution >= 4 is 46.8 Å². The van der Waals surface area contributed by atoms with Crippen LogP contribution in [0.2, 0.25) is 0 Å². The molecule has 1 rings (SSSR count). The lowest BCUT2D eigenvalue weighted by Crippen LogP contribution is -2.45. The Hall–Kier alpha value is -1.06. The molecule has 2 N–H and O–H groups in total. The number of nitrogens with one attached hydrogen (secondary N) is 2. The van der Waals surface area contributed by atoms with Gasteiger partial charge in [-0.25, -0.2) is 4.79 Å². The standard InChI is InChI=1S/C13H20N4O2S3/c1-7(2)6-20-12-16-17-13(22-12)21-9(5)10(18)15-11(19)14-8(3)4/h8-9H,1,6H2,2-5H3,(H2,14,15,18,19)/t9-/m0/s1. The molecule has 0 aliphatic rings. The minimum absolute atomic E-state index is 0.0215. The second kappa shape index (κ2) is 9.16. The topological polar surface area (TPSA) is 84.0 Å². The highest BCUT2D eigenvalue weighted by molar-refractivity contribution is 8.04. The second-order valence-electron chi connectivity index (χ2n) is 4.96. The third-order valence-electron chi connectivity index (χ3n) is 2.13. The highest BCUT2D eigenvalue weighted by Crippen LogP contribution is 2.31. The first-order chi connectivity index (χ1) is 10.3. The number of imide groups is 1. The quantitative estimate of drug-likeness (QED) is 0.574. The smallest absolute Gasteiger partial charge is 0.321 e. The molecule has 0 saturated heterocycles. The largest absolute Gasteiger partial charge is 0.336 e. The summed E-state index contributed by atoms with van der Waals surface area (Å²) < 4.78 is 1.55. The van der Waals surface area contributed by atoms with Crippen LogP contribution in [0.3, 0.4) is 0 Å². The summed E-state index contributed by atoms with van der Waals surface area (Å²) in [6.45, 7) is 11.2. The lowest BCUT2D eigenvalue weighted by molar-refractivity contribution is -0.119. The van der Waals surface area contributed by atoms with Crippen LogP contribution in [0.5, 0.6) is 0 Å². The van der Waals surface area contributed by atoms with Gasteiger partial charge in [0.2, 0.25) is 5.91 Å². The summed E-state index contributed by atoms with van der Waals surface area (Å²) in [7, 11) is 0. The molecule has 22 heavy (non-hydrogen) atoms. The zero-order valence-corrected chi connectivity index (χ0v) is 15.5. The highest BCUT2D eigenvalue weighted by Gasteiger charge is 2.19. The Morgan fingerprint density at radius 3 is 2.50 bits per heavy atom. The Bertz CT molecular complexity index is 545. The monoisotopic (exact) mass is 360 g/mol. The molecule has 122 valence electrons. The van der Waals surface area contributed by atoms with Crippen LogP contribution in [-0.4, -0.2) is 39.2 Å². The van der Waals surface area contributed by atoms with Gasteiger partial charge in [-0.1, -0.05) is 47.0 Å². The van der Waals surface area contributed by atoms with Crippen LogP contribution >= 0.6 is 34.9 Å². The van der Waals surface area contributed by atoms with Crippen LogP contribution in [0.15, 0.2) is 20.8 Å². The Balaban J connectivity index is 2.47. The lowest BCUT2D eigenvalue weighted by Gasteiger charge is -2.11. The fourth-order valence-corrected chi connectivity index (χ4v) is 4.21. The SMILES string of the molecule is C=C(C)CSc1nnc(S[C@@H](C)C(=O)NC(=O)NC(C)C)s1. The zero-order chi connectivity index (χ0) is 16.7. The van der Waals surface area contributed by atoms with E-state index in [0.717, 1.165) is 15.7 Å².